The van der Waals surface area contributed by atoms with Gasteiger partial charge in [0.05, 0.1) is 5.56 Å². The molecule has 0 amide bonds. The molecule has 0 spiro atoms. The third-order valence-electron chi connectivity index (χ3n) is 3.38. The van der Waals surface area contributed by atoms with E-state index >= 15 is 0 Å². The second kappa shape index (κ2) is 8.80. The molecule has 0 heterocycles. The smallest absolute Gasteiger partial charge is 0.308 e. The number of hydrogen-bond acceptors (Lipinski definition) is 6. The van der Waals surface area contributed by atoms with Crippen LogP contribution < -0.4 is 4.74 Å². The number of benzene rings is 2. The summed E-state index contributed by atoms with van der Waals surface area (Å²) in [6.07, 6.45) is -0.684. The van der Waals surface area contributed by atoms with Gasteiger partial charge >= 0.3 is 17.9 Å². The zero-order chi connectivity index (χ0) is 19.1. The predicted octanol–water partition coefficient (Wildman–Crippen LogP) is 3.33. The summed E-state index contributed by atoms with van der Waals surface area (Å²) >= 11 is 0. The summed E-state index contributed by atoms with van der Waals surface area (Å²) in [5.74, 6) is -1.62. The Morgan fingerprint density at radius 1 is 0.808 bits per heavy atom. The number of ether oxygens (including phenoxy) is 3. The lowest BCUT2D eigenvalue weighted by molar-refractivity contribution is -0.186. The van der Waals surface area contributed by atoms with E-state index in [0.717, 1.165) is 11.1 Å². The van der Waals surface area contributed by atoms with E-state index in [9.17, 15) is 14.4 Å². The molecule has 0 aliphatic heterocycles. The van der Waals surface area contributed by atoms with Gasteiger partial charge in [0.15, 0.2) is 0 Å². The Hall–Kier alpha value is -3.15. The van der Waals surface area contributed by atoms with Gasteiger partial charge < -0.3 is 14.2 Å². The molecule has 0 unspecified atom stereocenters. The van der Waals surface area contributed by atoms with Crippen LogP contribution in [0.25, 0.3) is 0 Å². The molecule has 136 valence electrons. The highest BCUT2D eigenvalue weighted by Crippen LogP contribution is 2.31. The maximum Gasteiger partial charge on any atom is 0.308 e. The summed E-state index contributed by atoms with van der Waals surface area (Å²) in [7, 11) is 0. The summed E-state index contributed by atoms with van der Waals surface area (Å²) in [5, 5.41) is 0. The molecular weight excluding hydrogens is 336 g/mol. The van der Waals surface area contributed by atoms with Gasteiger partial charge in [0.2, 0.25) is 0 Å². The highest BCUT2D eigenvalue weighted by atomic mass is 16.7. The second-order valence-corrected chi connectivity index (χ2v) is 5.68. The van der Waals surface area contributed by atoms with Crippen LogP contribution in [-0.4, -0.2) is 17.9 Å². The van der Waals surface area contributed by atoms with Gasteiger partial charge in [0.25, 0.3) is 6.29 Å². The monoisotopic (exact) mass is 356 g/mol. The molecule has 0 N–H and O–H groups in total. The Balaban J connectivity index is 2.42. The molecule has 0 atom stereocenters. The predicted molar refractivity (Wildman–Crippen MR) is 93.3 cm³/mol. The molecule has 2 aromatic rings. The van der Waals surface area contributed by atoms with E-state index in [1.165, 1.54) is 20.8 Å². The minimum absolute atomic E-state index is 0.168. The Morgan fingerprint density at radius 2 is 1.42 bits per heavy atom. The summed E-state index contributed by atoms with van der Waals surface area (Å²) in [6.45, 7) is 3.67. The van der Waals surface area contributed by atoms with Gasteiger partial charge in [-0.2, -0.15) is 0 Å². The van der Waals surface area contributed by atoms with E-state index in [2.05, 4.69) is 0 Å². The van der Waals surface area contributed by atoms with Crippen LogP contribution in [0.15, 0.2) is 48.5 Å². The maximum absolute atomic E-state index is 11.4. The van der Waals surface area contributed by atoms with Crippen molar-refractivity contribution >= 4 is 17.9 Å². The summed E-state index contributed by atoms with van der Waals surface area (Å²) in [4.78, 5) is 34.2. The van der Waals surface area contributed by atoms with E-state index in [0.29, 0.717) is 12.0 Å². The average molecular weight is 356 g/mol. The van der Waals surface area contributed by atoms with Gasteiger partial charge in [-0.1, -0.05) is 36.4 Å². The molecule has 2 aromatic carbocycles. The molecule has 0 aromatic heterocycles. The van der Waals surface area contributed by atoms with E-state index < -0.39 is 24.2 Å². The molecule has 0 radical (unpaired) electrons. The Kier molecular flexibility index (Phi) is 6.49. The molecule has 26 heavy (non-hydrogen) atoms. The minimum atomic E-state index is -1.30. The van der Waals surface area contributed by atoms with Gasteiger partial charge in [0, 0.05) is 20.8 Å². The third-order valence-corrected chi connectivity index (χ3v) is 3.38. The quantitative estimate of drug-likeness (QED) is 0.449. The van der Waals surface area contributed by atoms with Gasteiger partial charge in [-0.05, 0) is 29.7 Å². The maximum atomic E-state index is 11.4. The summed E-state index contributed by atoms with van der Waals surface area (Å²) < 4.78 is 15.4. The number of hydrogen-bond donors (Lipinski definition) is 0. The molecule has 0 aliphatic carbocycles. The molecule has 2 rings (SSSR count). The lowest BCUT2D eigenvalue weighted by atomic mass is 10.0. The first-order valence-corrected chi connectivity index (χ1v) is 8.04. The molecule has 0 aliphatic rings. The van der Waals surface area contributed by atoms with Crippen molar-refractivity contribution < 1.29 is 28.6 Å². The Labute approximate surface area is 151 Å². The topological polar surface area (TPSA) is 78.9 Å². The van der Waals surface area contributed by atoms with Crippen molar-refractivity contribution in [2.24, 2.45) is 0 Å². The van der Waals surface area contributed by atoms with Crippen LogP contribution in [0.5, 0.6) is 5.75 Å². The second-order valence-electron chi connectivity index (χ2n) is 5.68. The van der Waals surface area contributed by atoms with Crippen LogP contribution in [0, 0.1) is 0 Å². The Bertz CT molecular complexity index is 781. The molecule has 0 saturated carbocycles. The van der Waals surface area contributed by atoms with Crippen molar-refractivity contribution in [3.8, 4) is 5.75 Å². The van der Waals surface area contributed by atoms with Crippen molar-refractivity contribution in [3.63, 3.8) is 0 Å². The van der Waals surface area contributed by atoms with Crippen LogP contribution in [0.2, 0.25) is 0 Å². The molecule has 6 nitrogen and oxygen atoms in total. The van der Waals surface area contributed by atoms with Crippen LogP contribution in [0.4, 0.5) is 0 Å². The number of carbonyl (C=O) groups is 3. The zero-order valence-electron chi connectivity index (χ0n) is 14.9. The number of esters is 3. The first kappa shape index (κ1) is 19.2. The lowest BCUT2D eigenvalue weighted by Gasteiger charge is -2.20. The normalized spacial score (nSPS) is 10.3. The van der Waals surface area contributed by atoms with E-state index in [4.69, 9.17) is 14.2 Å². The van der Waals surface area contributed by atoms with Gasteiger partial charge in [0.1, 0.15) is 5.75 Å². The zero-order valence-corrected chi connectivity index (χ0v) is 14.9. The SMILES string of the molecule is CC(=O)Oc1ccc(Cc2ccccc2)cc1C(OC(C)=O)OC(C)=O. The first-order chi connectivity index (χ1) is 12.3. The van der Waals surface area contributed by atoms with Crippen molar-refractivity contribution in [2.75, 3.05) is 0 Å². The third kappa shape index (κ3) is 5.73. The van der Waals surface area contributed by atoms with Crippen LogP contribution in [0.1, 0.15) is 43.8 Å². The summed E-state index contributed by atoms with van der Waals surface area (Å²) in [5.41, 5.74) is 2.25. The van der Waals surface area contributed by atoms with E-state index in [-0.39, 0.29) is 5.75 Å². The number of rotatable bonds is 6. The van der Waals surface area contributed by atoms with Gasteiger partial charge in [-0.3, -0.25) is 14.4 Å². The van der Waals surface area contributed by atoms with Crippen molar-refractivity contribution in [1.82, 2.24) is 0 Å². The van der Waals surface area contributed by atoms with Gasteiger partial charge in [-0.15, -0.1) is 0 Å². The van der Waals surface area contributed by atoms with Crippen LogP contribution in [0.3, 0.4) is 0 Å². The minimum Gasteiger partial charge on any atom is -0.426 e. The first-order valence-electron chi connectivity index (χ1n) is 8.04. The van der Waals surface area contributed by atoms with Crippen LogP contribution in [-0.2, 0) is 30.3 Å². The molecule has 6 heteroatoms. The van der Waals surface area contributed by atoms with Gasteiger partial charge in [-0.25, -0.2) is 0 Å². The van der Waals surface area contributed by atoms with E-state index in [1.54, 1.807) is 18.2 Å². The fraction of sp³-hybridized carbons (Fsp3) is 0.250. The lowest BCUT2D eigenvalue weighted by Crippen LogP contribution is -2.17. The van der Waals surface area contributed by atoms with Crippen molar-refractivity contribution in [1.29, 1.82) is 0 Å². The molecule has 0 saturated heterocycles. The summed E-state index contributed by atoms with van der Waals surface area (Å²) in [6, 6.07) is 14.8. The molecule has 0 bridgehead atoms. The average Bonchev–Trinajstić information content (AvgIpc) is 2.55. The fourth-order valence-electron chi connectivity index (χ4n) is 2.42. The standard InChI is InChI=1S/C20H20O6/c1-13(21)24-19-10-9-17(11-16-7-5-4-6-8-16)12-18(19)20(25-14(2)22)26-15(3)23/h4-10,12,20H,11H2,1-3H3. The highest BCUT2D eigenvalue weighted by Gasteiger charge is 2.24. The fourth-order valence-corrected chi connectivity index (χ4v) is 2.42. The Morgan fingerprint density at radius 3 is 1.96 bits per heavy atom. The van der Waals surface area contributed by atoms with Crippen LogP contribution >= 0.6 is 0 Å². The number of carbonyl (C=O) groups excluding carboxylic acids is 3. The molecular formula is C20H20O6. The largest absolute Gasteiger partial charge is 0.426 e. The van der Waals surface area contributed by atoms with E-state index in [1.807, 2.05) is 30.3 Å². The van der Waals surface area contributed by atoms with Crippen molar-refractivity contribution in [3.05, 3.63) is 65.2 Å². The highest BCUT2D eigenvalue weighted by molar-refractivity contribution is 5.71. The molecule has 0 fully saturated rings. The van der Waals surface area contributed by atoms with Crippen molar-refractivity contribution in [2.45, 2.75) is 33.5 Å².